The highest BCUT2D eigenvalue weighted by Crippen LogP contribution is 2.53. The van der Waals surface area contributed by atoms with Crippen molar-refractivity contribution in [3.05, 3.63) is 12.2 Å². The summed E-state index contributed by atoms with van der Waals surface area (Å²) in [5.74, 6) is 1.67. The molecule has 0 heterocycles. The van der Waals surface area contributed by atoms with E-state index in [-0.39, 0.29) is 18.2 Å². The van der Waals surface area contributed by atoms with Gasteiger partial charge in [0.2, 0.25) is 11.8 Å². The Balaban J connectivity index is 1.74. The lowest BCUT2D eigenvalue weighted by Gasteiger charge is -2.31. The second kappa shape index (κ2) is 12.8. The number of hydrogen-bond donors (Lipinski definition) is 3. The maximum atomic E-state index is 12.5. The number of carboxylic acid groups (broad SMARTS) is 1. The number of allylic oxidation sites excluding steroid dienone is 2. The number of unbranched alkanes of at least 4 members (excludes halogenated alkanes) is 3. The zero-order valence-electron chi connectivity index (χ0n) is 18.7. The molecule has 0 aromatic carbocycles. The summed E-state index contributed by atoms with van der Waals surface area (Å²) >= 11 is 0. The monoisotopic (exact) mass is 420 g/mol. The summed E-state index contributed by atoms with van der Waals surface area (Å²) in [6.45, 7) is 4.55. The van der Waals surface area contributed by atoms with Crippen LogP contribution in [0.25, 0.3) is 0 Å². The standard InChI is InChI=1S/C24H40N2O4/c1-3-4-7-11-22(27)26-17(2)24(30)25-16-21-19-14-13-18(15-19)20(21)10-8-5-6-9-12-23(28)29/h5,8,17-21H,3-4,6-7,9-16H2,1-2H3,(H,25,30)(H,26,27)(H,28,29)/b8-5-/t17-,18+,19-,20+,21-/m1/s1. The summed E-state index contributed by atoms with van der Waals surface area (Å²) in [7, 11) is 0. The molecule has 3 N–H and O–H groups in total. The largest absolute Gasteiger partial charge is 0.481 e. The molecule has 2 aliphatic rings. The Morgan fingerprint density at radius 2 is 1.77 bits per heavy atom. The van der Waals surface area contributed by atoms with Crippen LogP contribution in [0.3, 0.4) is 0 Å². The molecule has 0 unspecified atom stereocenters. The lowest BCUT2D eigenvalue weighted by molar-refractivity contribution is -0.137. The second-order valence-corrected chi connectivity index (χ2v) is 9.15. The van der Waals surface area contributed by atoms with Gasteiger partial charge in [-0.1, -0.05) is 31.9 Å². The smallest absolute Gasteiger partial charge is 0.303 e. The number of nitrogens with one attached hydrogen (secondary N) is 2. The SMILES string of the molecule is CCCCCC(=O)N[C@H](C)C(=O)NC[C@@H]1[C@@H]2CC[C@@H](C2)[C@@H]1C/C=C\CCCC(=O)O. The first-order valence-corrected chi connectivity index (χ1v) is 11.9. The second-order valence-electron chi connectivity index (χ2n) is 9.15. The molecular weight excluding hydrogens is 380 g/mol. The average Bonchev–Trinajstić information content (AvgIpc) is 3.30. The minimum absolute atomic E-state index is 0.0445. The Hall–Kier alpha value is -1.85. The third kappa shape index (κ3) is 7.77. The van der Waals surface area contributed by atoms with Crippen molar-refractivity contribution < 1.29 is 19.5 Å². The predicted octanol–water partition coefficient (Wildman–Crippen LogP) is 4.05. The van der Waals surface area contributed by atoms with Crippen LogP contribution in [0.1, 0.15) is 84.5 Å². The van der Waals surface area contributed by atoms with Gasteiger partial charge in [-0.3, -0.25) is 14.4 Å². The summed E-state index contributed by atoms with van der Waals surface area (Å²) in [5, 5.41) is 14.6. The predicted molar refractivity (Wildman–Crippen MR) is 118 cm³/mol. The van der Waals surface area contributed by atoms with Crippen LogP contribution in [-0.2, 0) is 14.4 Å². The van der Waals surface area contributed by atoms with Gasteiger partial charge in [0.15, 0.2) is 0 Å². The number of aliphatic carboxylic acids is 1. The third-order valence-electron chi connectivity index (χ3n) is 6.90. The van der Waals surface area contributed by atoms with Crippen molar-refractivity contribution in [3.8, 4) is 0 Å². The highest BCUT2D eigenvalue weighted by molar-refractivity contribution is 5.87. The molecule has 0 radical (unpaired) electrons. The van der Waals surface area contributed by atoms with E-state index in [0.717, 1.165) is 38.0 Å². The first kappa shape index (κ1) is 24.4. The van der Waals surface area contributed by atoms with Gasteiger partial charge < -0.3 is 15.7 Å². The van der Waals surface area contributed by atoms with E-state index in [0.29, 0.717) is 37.1 Å². The van der Waals surface area contributed by atoms with Crippen molar-refractivity contribution in [2.24, 2.45) is 23.7 Å². The Morgan fingerprint density at radius 1 is 1.03 bits per heavy atom. The van der Waals surface area contributed by atoms with Crippen LogP contribution < -0.4 is 10.6 Å². The summed E-state index contributed by atoms with van der Waals surface area (Å²) in [5.41, 5.74) is 0. The molecule has 0 aliphatic heterocycles. The third-order valence-corrected chi connectivity index (χ3v) is 6.90. The number of fused-ring (bicyclic) bond motifs is 2. The van der Waals surface area contributed by atoms with Crippen LogP contribution in [0.2, 0.25) is 0 Å². The van der Waals surface area contributed by atoms with E-state index in [1.165, 1.54) is 19.3 Å². The van der Waals surface area contributed by atoms with E-state index in [2.05, 4.69) is 29.7 Å². The van der Waals surface area contributed by atoms with Gasteiger partial charge in [-0.05, 0) is 75.5 Å². The molecule has 2 amide bonds. The molecule has 2 fully saturated rings. The molecule has 30 heavy (non-hydrogen) atoms. The summed E-state index contributed by atoms with van der Waals surface area (Å²) in [4.78, 5) is 35.0. The number of carbonyl (C=O) groups excluding carboxylic acids is 2. The van der Waals surface area contributed by atoms with Gasteiger partial charge in [0.25, 0.3) is 0 Å². The van der Waals surface area contributed by atoms with E-state index >= 15 is 0 Å². The summed E-state index contributed by atoms with van der Waals surface area (Å²) < 4.78 is 0. The lowest BCUT2D eigenvalue weighted by Crippen LogP contribution is -2.47. The van der Waals surface area contributed by atoms with E-state index in [4.69, 9.17) is 5.11 Å². The maximum absolute atomic E-state index is 12.5. The van der Waals surface area contributed by atoms with Gasteiger partial charge in [-0.2, -0.15) is 0 Å². The molecule has 0 aromatic heterocycles. The number of hydrogen-bond acceptors (Lipinski definition) is 3. The number of carbonyl (C=O) groups is 3. The highest BCUT2D eigenvalue weighted by atomic mass is 16.4. The average molecular weight is 421 g/mol. The fourth-order valence-corrected chi connectivity index (χ4v) is 5.24. The number of rotatable bonds is 14. The van der Waals surface area contributed by atoms with Gasteiger partial charge in [0.1, 0.15) is 6.04 Å². The lowest BCUT2D eigenvalue weighted by atomic mass is 9.77. The molecule has 2 aliphatic carbocycles. The Bertz CT molecular complexity index is 604. The number of amides is 2. The number of carboxylic acids is 1. The molecule has 2 bridgehead atoms. The van der Waals surface area contributed by atoms with Crippen LogP contribution in [0.5, 0.6) is 0 Å². The molecule has 0 saturated heterocycles. The van der Waals surface area contributed by atoms with E-state index in [9.17, 15) is 14.4 Å². The Kier molecular flexibility index (Phi) is 10.4. The first-order valence-electron chi connectivity index (χ1n) is 11.9. The van der Waals surface area contributed by atoms with E-state index < -0.39 is 12.0 Å². The fraction of sp³-hybridized carbons (Fsp3) is 0.792. The molecule has 6 heteroatoms. The van der Waals surface area contributed by atoms with Gasteiger partial charge in [-0.15, -0.1) is 0 Å². The first-order chi connectivity index (χ1) is 14.4. The van der Waals surface area contributed by atoms with Gasteiger partial charge in [-0.25, -0.2) is 0 Å². The van der Waals surface area contributed by atoms with Gasteiger partial charge in [0.05, 0.1) is 0 Å². The molecule has 2 saturated carbocycles. The molecule has 0 spiro atoms. The molecule has 2 rings (SSSR count). The zero-order valence-corrected chi connectivity index (χ0v) is 18.7. The van der Waals surface area contributed by atoms with Crippen molar-refractivity contribution in [1.29, 1.82) is 0 Å². The molecule has 5 atom stereocenters. The quantitative estimate of drug-likeness (QED) is 0.292. The topological polar surface area (TPSA) is 95.5 Å². The van der Waals surface area contributed by atoms with Crippen molar-refractivity contribution in [3.63, 3.8) is 0 Å². The van der Waals surface area contributed by atoms with Crippen molar-refractivity contribution in [2.45, 2.75) is 90.5 Å². The van der Waals surface area contributed by atoms with Crippen molar-refractivity contribution in [2.75, 3.05) is 6.54 Å². The normalized spacial score (nSPS) is 26.1. The van der Waals surface area contributed by atoms with Gasteiger partial charge in [0, 0.05) is 19.4 Å². The minimum atomic E-state index is -0.737. The molecule has 0 aromatic rings. The summed E-state index contributed by atoms with van der Waals surface area (Å²) in [6, 6.07) is -0.495. The van der Waals surface area contributed by atoms with E-state index in [1.807, 2.05) is 0 Å². The molecular formula is C24H40N2O4. The van der Waals surface area contributed by atoms with Crippen molar-refractivity contribution in [1.82, 2.24) is 10.6 Å². The highest BCUT2D eigenvalue weighted by Gasteiger charge is 2.46. The van der Waals surface area contributed by atoms with E-state index in [1.54, 1.807) is 6.92 Å². The minimum Gasteiger partial charge on any atom is -0.481 e. The summed E-state index contributed by atoms with van der Waals surface area (Å²) in [6.07, 6.45) is 14.3. The molecule has 170 valence electrons. The van der Waals surface area contributed by atoms with Crippen LogP contribution in [0.4, 0.5) is 0 Å². The van der Waals surface area contributed by atoms with Crippen LogP contribution in [0.15, 0.2) is 12.2 Å². The fourth-order valence-electron chi connectivity index (χ4n) is 5.24. The van der Waals surface area contributed by atoms with Gasteiger partial charge >= 0.3 is 5.97 Å². The maximum Gasteiger partial charge on any atom is 0.303 e. The Labute approximate surface area is 181 Å². The van der Waals surface area contributed by atoms with Crippen LogP contribution >= 0.6 is 0 Å². The van der Waals surface area contributed by atoms with Crippen molar-refractivity contribution >= 4 is 17.8 Å². The van der Waals surface area contributed by atoms with Crippen LogP contribution in [-0.4, -0.2) is 35.5 Å². The Morgan fingerprint density at radius 3 is 2.47 bits per heavy atom. The zero-order chi connectivity index (χ0) is 21.9. The van der Waals surface area contributed by atoms with Crippen LogP contribution in [0, 0.1) is 23.7 Å². The molecule has 6 nitrogen and oxygen atoms in total.